The van der Waals surface area contributed by atoms with Gasteiger partial charge in [0.05, 0.1) is 18.6 Å². The molecule has 3 heterocycles. The number of carbonyl (C=O) groups is 1. The molecule has 0 radical (unpaired) electrons. The molecule has 1 N–H and O–H groups in total. The lowest BCUT2D eigenvalue weighted by Gasteiger charge is -2.30. The van der Waals surface area contributed by atoms with Crippen LogP contribution in [0.5, 0.6) is 0 Å². The van der Waals surface area contributed by atoms with Crippen molar-refractivity contribution in [1.82, 2.24) is 29.9 Å². The van der Waals surface area contributed by atoms with Gasteiger partial charge in [0.2, 0.25) is 17.6 Å². The second-order valence-corrected chi connectivity index (χ2v) is 8.24. The van der Waals surface area contributed by atoms with Crippen LogP contribution in [-0.4, -0.2) is 43.6 Å². The van der Waals surface area contributed by atoms with Crippen LogP contribution in [0.3, 0.4) is 0 Å². The molecule has 1 aliphatic heterocycles. The van der Waals surface area contributed by atoms with Crippen molar-refractivity contribution in [2.24, 2.45) is 5.92 Å². The van der Waals surface area contributed by atoms with Crippen molar-refractivity contribution in [2.45, 2.75) is 25.9 Å². The number of aromatic nitrogens is 4. The fourth-order valence-electron chi connectivity index (χ4n) is 4.21. The lowest BCUT2D eigenvalue weighted by atomic mass is 9.96. The van der Waals surface area contributed by atoms with Crippen LogP contribution in [0.4, 0.5) is 0 Å². The highest BCUT2D eigenvalue weighted by Crippen LogP contribution is 2.21. The standard InChI is InChI=1S/C25H26N6O2/c32-25(27-16-21-8-4-5-9-22(21)31-15-12-26-18-31)20-10-13-30(14-11-20)17-23-28-24(29-33-23)19-6-2-1-3-7-19/h1-9,12,15,18,20H,10-11,13-14,16-17H2,(H,27,32). The SMILES string of the molecule is O=C(NCc1ccccc1-n1ccnc1)C1CCN(Cc2nc(-c3ccccc3)no2)CC1. The van der Waals surface area contributed by atoms with Gasteiger partial charge in [-0.15, -0.1) is 0 Å². The van der Waals surface area contributed by atoms with Gasteiger partial charge in [0, 0.05) is 30.4 Å². The summed E-state index contributed by atoms with van der Waals surface area (Å²) in [6, 6.07) is 17.8. The molecule has 8 heteroatoms. The Hall–Kier alpha value is -3.78. The van der Waals surface area contributed by atoms with Crippen LogP contribution in [0, 0.1) is 5.92 Å². The number of para-hydroxylation sites is 1. The van der Waals surface area contributed by atoms with Crippen LogP contribution in [0.15, 0.2) is 77.8 Å². The second-order valence-electron chi connectivity index (χ2n) is 8.24. The Bertz CT molecular complexity index is 1180. The van der Waals surface area contributed by atoms with Crippen LogP contribution < -0.4 is 5.32 Å². The van der Waals surface area contributed by atoms with Crippen molar-refractivity contribution >= 4 is 5.91 Å². The lowest BCUT2D eigenvalue weighted by Crippen LogP contribution is -2.40. The molecular weight excluding hydrogens is 416 g/mol. The summed E-state index contributed by atoms with van der Waals surface area (Å²) in [5.74, 6) is 1.34. The average Bonchev–Trinajstić information content (AvgIpc) is 3.57. The average molecular weight is 443 g/mol. The highest BCUT2D eigenvalue weighted by Gasteiger charge is 2.26. The molecule has 0 spiro atoms. The van der Waals surface area contributed by atoms with E-state index in [2.05, 4.69) is 25.3 Å². The maximum absolute atomic E-state index is 12.8. The third-order valence-electron chi connectivity index (χ3n) is 6.04. The number of rotatable bonds is 7. The molecule has 2 aromatic carbocycles. The number of benzene rings is 2. The van der Waals surface area contributed by atoms with Crippen molar-refractivity contribution in [1.29, 1.82) is 0 Å². The summed E-state index contributed by atoms with van der Waals surface area (Å²) in [5, 5.41) is 7.22. The molecule has 168 valence electrons. The maximum Gasteiger partial charge on any atom is 0.241 e. The number of amides is 1. The number of nitrogens with zero attached hydrogens (tertiary/aromatic N) is 5. The predicted molar refractivity (Wildman–Crippen MR) is 123 cm³/mol. The van der Waals surface area contributed by atoms with E-state index in [9.17, 15) is 4.79 Å². The van der Waals surface area contributed by atoms with Gasteiger partial charge in [-0.2, -0.15) is 4.98 Å². The minimum absolute atomic E-state index is 0.0178. The van der Waals surface area contributed by atoms with E-state index in [0.717, 1.165) is 42.7 Å². The minimum Gasteiger partial charge on any atom is -0.352 e. The van der Waals surface area contributed by atoms with Crippen LogP contribution in [0.1, 0.15) is 24.3 Å². The van der Waals surface area contributed by atoms with E-state index in [4.69, 9.17) is 4.52 Å². The van der Waals surface area contributed by atoms with Gasteiger partial charge in [-0.1, -0.05) is 53.7 Å². The number of likely N-dealkylation sites (tertiary alicyclic amines) is 1. The Morgan fingerprint density at radius 3 is 2.64 bits per heavy atom. The number of nitrogens with one attached hydrogen (secondary N) is 1. The zero-order valence-electron chi connectivity index (χ0n) is 18.3. The molecule has 1 saturated heterocycles. The number of piperidine rings is 1. The fourth-order valence-corrected chi connectivity index (χ4v) is 4.21. The van der Waals surface area contributed by atoms with E-state index < -0.39 is 0 Å². The summed E-state index contributed by atoms with van der Waals surface area (Å²) in [5.41, 5.74) is 3.03. The molecule has 33 heavy (non-hydrogen) atoms. The first kappa shape index (κ1) is 21.1. The molecule has 0 saturated carbocycles. The predicted octanol–water partition coefficient (Wildman–Crippen LogP) is 3.45. The van der Waals surface area contributed by atoms with Gasteiger partial charge in [-0.25, -0.2) is 4.98 Å². The number of carbonyl (C=O) groups excluding carboxylic acids is 1. The van der Waals surface area contributed by atoms with Crippen molar-refractivity contribution in [2.75, 3.05) is 13.1 Å². The van der Waals surface area contributed by atoms with Gasteiger partial charge in [-0.3, -0.25) is 9.69 Å². The Kier molecular flexibility index (Phi) is 6.25. The molecule has 2 aromatic heterocycles. The van der Waals surface area contributed by atoms with Gasteiger partial charge < -0.3 is 14.4 Å². The largest absolute Gasteiger partial charge is 0.352 e. The molecule has 1 aliphatic rings. The molecule has 0 unspecified atom stereocenters. The smallest absolute Gasteiger partial charge is 0.241 e. The highest BCUT2D eigenvalue weighted by molar-refractivity contribution is 5.78. The summed E-state index contributed by atoms with van der Waals surface area (Å²) in [6.07, 6.45) is 7.05. The van der Waals surface area contributed by atoms with Gasteiger partial charge in [0.15, 0.2) is 0 Å². The van der Waals surface area contributed by atoms with E-state index in [0.29, 0.717) is 24.8 Å². The molecule has 0 aliphatic carbocycles. The van der Waals surface area contributed by atoms with E-state index in [1.54, 1.807) is 12.5 Å². The summed E-state index contributed by atoms with van der Waals surface area (Å²) in [7, 11) is 0. The normalized spacial score (nSPS) is 14.9. The summed E-state index contributed by atoms with van der Waals surface area (Å²) < 4.78 is 7.40. The summed E-state index contributed by atoms with van der Waals surface area (Å²) in [4.78, 5) is 23.7. The Morgan fingerprint density at radius 2 is 1.85 bits per heavy atom. The number of imidazole rings is 1. The molecule has 8 nitrogen and oxygen atoms in total. The van der Waals surface area contributed by atoms with E-state index >= 15 is 0 Å². The van der Waals surface area contributed by atoms with E-state index in [1.807, 2.05) is 65.4 Å². The monoisotopic (exact) mass is 442 g/mol. The van der Waals surface area contributed by atoms with Crippen LogP contribution in [0.25, 0.3) is 17.1 Å². The zero-order chi connectivity index (χ0) is 22.5. The van der Waals surface area contributed by atoms with Crippen molar-refractivity contribution < 1.29 is 9.32 Å². The molecule has 0 atom stereocenters. The summed E-state index contributed by atoms with van der Waals surface area (Å²) in [6.45, 7) is 2.75. The molecule has 4 aromatic rings. The Balaban J connectivity index is 1.12. The molecule has 5 rings (SSSR count). The van der Waals surface area contributed by atoms with Crippen molar-refractivity contribution in [3.8, 4) is 17.1 Å². The third kappa shape index (κ3) is 5.01. The molecule has 1 fully saturated rings. The molecule has 0 bridgehead atoms. The van der Waals surface area contributed by atoms with Crippen molar-refractivity contribution in [3.05, 3.63) is 84.8 Å². The van der Waals surface area contributed by atoms with Gasteiger partial charge in [0.1, 0.15) is 0 Å². The first-order chi connectivity index (χ1) is 16.3. The van der Waals surface area contributed by atoms with Gasteiger partial charge >= 0.3 is 0 Å². The topological polar surface area (TPSA) is 89.1 Å². The first-order valence-electron chi connectivity index (χ1n) is 11.2. The number of hydrogen-bond acceptors (Lipinski definition) is 6. The minimum atomic E-state index is 0.0178. The van der Waals surface area contributed by atoms with Gasteiger partial charge in [0.25, 0.3) is 0 Å². The Morgan fingerprint density at radius 1 is 1.06 bits per heavy atom. The maximum atomic E-state index is 12.8. The zero-order valence-corrected chi connectivity index (χ0v) is 18.3. The number of hydrogen-bond donors (Lipinski definition) is 1. The Labute approximate surface area is 192 Å². The lowest BCUT2D eigenvalue weighted by molar-refractivity contribution is -0.126. The third-order valence-corrected chi connectivity index (χ3v) is 6.04. The first-order valence-corrected chi connectivity index (χ1v) is 11.2. The van der Waals surface area contributed by atoms with Crippen LogP contribution in [0.2, 0.25) is 0 Å². The quantitative estimate of drug-likeness (QED) is 0.472. The summed E-state index contributed by atoms with van der Waals surface area (Å²) >= 11 is 0. The van der Waals surface area contributed by atoms with E-state index in [1.165, 1.54) is 0 Å². The van der Waals surface area contributed by atoms with E-state index in [-0.39, 0.29) is 11.8 Å². The molecule has 1 amide bonds. The highest BCUT2D eigenvalue weighted by atomic mass is 16.5. The van der Waals surface area contributed by atoms with Crippen LogP contribution in [-0.2, 0) is 17.9 Å². The van der Waals surface area contributed by atoms with Gasteiger partial charge in [-0.05, 0) is 37.6 Å². The molecular formula is C25H26N6O2. The van der Waals surface area contributed by atoms with Crippen LogP contribution >= 0.6 is 0 Å². The second kappa shape index (κ2) is 9.79. The fraction of sp³-hybridized carbons (Fsp3) is 0.280. The van der Waals surface area contributed by atoms with Crippen molar-refractivity contribution in [3.63, 3.8) is 0 Å².